The molecule has 1 atom stereocenters. The zero-order valence-corrected chi connectivity index (χ0v) is 20.4. The van der Waals surface area contributed by atoms with Crippen LogP contribution in [0.4, 0.5) is 10.5 Å². The van der Waals surface area contributed by atoms with Crippen LogP contribution in [-0.4, -0.2) is 36.0 Å². The second-order valence-corrected chi connectivity index (χ2v) is 8.33. The first-order chi connectivity index (χ1) is 17.5. The minimum atomic E-state index is -0.756. The molecule has 0 spiro atoms. The van der Waals surface area contributed by atoms with Crippen LogP contribution in [0.1, 0.15) is 47.8 Å². The van der Waals surface area contributed by atoms with Gasteiger partial charge in [0.25, 0.3) is 5.91 Å². The first-order valence-electron chi connectivity index (χ1n) is 12.0. The smallest absolute Gasteiger partial charge is 0.338 e. The number of amides is 3. The number of hydrogen-bond donors (Lipinski definition) is 2. The quantitative estimate of drug-likeness (QED) is 0.421. The van der Waals surface area contributed by atoms with E-state index in [1.807, 2.05) is 49.4 Å². The molecule has 0 aromatic heterocycles. The van der Waals surface area contributed by atoms with Crippen molar-refractivity contribution in [3.8, 4) is 0 Å². The maximum atomic E-state index is 13.3. The van der Waals surface area contributed by atoms with Crippen LogP contribution in [0.5, 0.6) is 0 Å². The molecule has 0 aliphatic carbocycles. The average molecular weight is 484 g/mol. The number of esters is 1. The van der Waals surface area contributed by atoms with Crippen molar-refractivity contribution in [2.75, 3.05) is 18.5 Å². The third kappa shape index (κ3) is 5.30. The van der Waals surface area contributed by atoms with Gasteiger partial charge in [0, 0.05) is 17.8 Å². The van der Waals surface area contributed by atoms with Gasteiger partial charge in [-0.15, -0.1) is 0 Å². The lowest BCUT2D eigenvalue weighted by molar-refractivity contribution is -0.138. The number of hydrogen-bond acceptors (Lipinski definition) is 4. The second kappa shape index (κ2) is 11.4. The van der Waals surface area contributed by atoms with E-state index in [9.17, 15) is 14.4 Å². The van der Waals surface area contributed by atoms with Gasteiger partial charge in [-0.1, -0.05) is 67.6 Å². The SMILES string of the molecule is CCCN1C(=O)NC(c2cccc(NC(=O)c3ccccc3)c2)C(C(=O)OCC)=C1c1ccccc1. The number of carbonyl (C=O) groups excluding carboxylic acids is 3. The van der Waals surface area contributed by atoms with Crippen LogP contribution in [0.15, 0.2) is 90.5 Å². The topological polar surface area (TPSA) is 87.7 Å². The largest absolute Gasteiger partial charge is 0.463 e. The molecule has 2 N–H and O–H groups in total. The minimum absolute atomic E-state index is 0.200. The summed E-state index contributed by atoms with van der Waals surface area (Å²) in [7, 11) is 0. The molecule has 1 aliphatic heterocycles. The van der Waals surface area contributed by atoms with E-state index in [1.54, 1.807) is 54.3 Å². The van der Waals surface area contributed by atoms with E-state index in [2.05, 4.69) is 10.6 Å². The van der Waals surface area contributed by atoms with Gasteiger partial charge in [-0.25, -0.2) is 9.59 Å². The molecule has 3 amide bonds. The third-order valence-corrected chi connectivity index (χ3v) is 5.83. The number of urea groups is 1. The molecule has 0 fully saturated rings. The van der Waals surface area contributed by atoms with Crippen LogP contribution >= 0.6 is 0 Å². The monoisotopic (exact) mass is 483 g/mol. The zero-order chi connectivity index (χ0) is 25.5. The van der Waals surface area contributed by atoms with Crippen LogP contribution in [-0.2, 0) is 9.53 Å². The molecular formula is C29H29N3O4. The Labute approximate surface area is 210 Å². The van der Waals surface area contributed by atoms with Gasteiger partial charge in [0.2, 0.25) is 0 Å². The van der Waals surface area contributed by atoms with Gasteiger partial charge in [-0.3, -0.25) is 9.69 Å². The van der Waals surface area contributed by atoms with Gasteiger partial charge in [-0.2, -0.15) is 0 Å². The van der Waals surface area contributed by atoms with Gasteiger partial charge < -0.3 is 15.4 Å². The summed E-state index contributed by atoms with van der Waals surface area (Å²) in [5.41, 5.74) is 3.37. The number of ether oxygens (including phenoxy) is 1. The van der Waals surface area contributed by atoms with E-state index in [1.165, 1.54) is 0 Å². The lowest BCUT2D eigenvalue weighted by atomic mass is 9.91. The predicted molar refractivity (Wildman–Crippen MR) is 139 cm³/mol. The Bertz CT molecular complexity index is 1270. The maximum absolute atomic E-state index is 13.3. The molecule has 1 unspecified atom stereocenters. The molecule has 0 radical (unpaired) electrons. The summed E-state index contributed by atoms with van der Waals surface area (Å²) < 4.78 is 5.45. The summed E-state index contributed by atoms with van der Waals surface area (Å²) in [5, 5.41) is 5.88. The molecule has 0 bridgehead atoms. The number of benzene rings is 3. The molecule has 1 heterocycles. The lowest BCUT2D eigenvalue weighted by Crippen LogP contribution is -2.48. The van der Waals surface area contributed by atoms with E-state index >= 15 is 0 Å². The van der Waals surface area contributed by atoms with Gasteiger partial charge in [0.1, 0.15) is 0 Å². The van der Waals surface area contributed by atoms with Crippen LogP contribution in [0.2, 0.25) is 0 Å². The lowest BCUT2D eigenvalue weighted by Gasteiger charge is -2.37. The van der Waals surface area contributed by atoms with Crippen molar-refractivity contribution in [2.24, 2.45) is 0 Å². The molecule has 3 aromatic carbocycles. The van der Waals surface area contributed by atoms with Crippen molar-refractivity contribution in [1.82, 2.24) is 10.2 Å². The third-order valence-electron chi connectivity index (χ3n) is 5.83. The van der Waals surface area contributed by atoms with Crippen LogP contribution in [0.3, 0.4) is 0 Å². The van der Waals surface area contributed by atoms with E-state index in [-0.39, 0.29) is 18.5 Å². The predicted octanol–water partition coefficient (Wildman–Crippen LogP) is 5.39. The molecule has 7 heteroatoms. The molecule has 0 saturated heterocycles. The molecule has 4 rings (SSSR count). The highest BCUT2D eigenvalue weighted by atomic mass is 16.5. The van der Waals surface area contributed by atoms with Gasteiger partial charge in [0.15, 0.2) is 0 Å². The van der Waals surface area contributed by atoms with Gasteiger partial charge in [-0.05, 0) is 48.7 Å². The van der Waals surface area contributed by atoms with Crippen molar-refractivity contribution in [2.45, 2.75) is 26.3 Å². The number of anilines is 1. The van der Waals surface area contributed by atoms with Crippen LogP contribution in [0, 0.1) is 0 Å². The maximum Gasteiger partial charge on any atom is 0.338 e. The Morgan fingerprint density at radius 2 is 1.64 bits per heavy atom. The van der Waals surface area contributed by atoms with Crippen molar-refractivity contribution >= 4 is 29.3 Å². The summed E-state index contributed by atoms with van der Waals surface area (Å²) in [6.45, 7) is 4.37. The Hall–Kier alpha value is -4.39. The van der Waals surface area contributed by atoms with E-state index in [4.69, 9.17) is 4.74 Å². The van der Waals surface area contributed by atoms with Crippen LogP contribution < -0.4 is 10.6 Å². The normalized spacial score (nSPS) is 15.3. The molecule has 3 aromatic rings. The zero-order valence-electron chi connectivity index (χ0n) is 20.4. The molecule has 1 aliphatic rings. The van der Waals surface area contributed by atoms with Gasteiger partial charge in [0.05, 0.1) is 23.9 Å². The minimum Gasteiger partial charge on any atom is -0.463 e. The standard InChI is InChI=1S/C29H29N3O4/c1-3-18-32-26(20-12-7-5-8-13-20)24(28(34)36-4-2)25(31-29(32)35)22-16-11-17-23(19-22)30-27(33)21-14-9-6-10-15-21/h5-17,19,25H,3-4,18H2,1-2H3,(H,30,33)(H,31,35). The molecule has 36 heavy (non-hydrogen) atoms. The Morgan fingerprint density at radius 3 is 2.31 bits per heavy atom. The Kier molecular flexibility index (Phi) is 7.80. The molecule has 7 nitrogen and oxygen atoms in total. The van der Waals surface area contributed by atoms with Crippen molar-refractivity contribution in [1.29, 1.82) is 0 Å². The van der Waals surface area contributed by atoms with Gasteiger partial charge >= 0.3 is 12.0 Å². The number of nitrogens with one attached hydrogen (secondary N) is 2. The summed E-state index contributed by atoms with van der Waals surface area (Å²) in [5.74, 6) is -0.748. The fourth-order valence-corrected chi connectivity index (χ4v) is 4.26. The summed E-state index contributed by atoms with van der Waals surface area (Å²) >= 11 is 0. The average Bonchev–Trinajstić information content (AvgIpc) is 2.90. The molecular weight excluding hydrogens is 454 g/mol. The second-order valence-electron chi connectivity index (χ2n) is 8.33. The highest BCUT2D eigenvalue weighted by Crippen LogP contribution is 2.37. The highest BCUT2D eigenvalue weighted by molar-refractivity contribution is 6.05. The number of rotatable bonds is 8. The molecule has 184 valence electrons. The highest BCUT2D eigenvalue weighted by Gasteiger charge is 2.38. The number of carbonyl (C=O) groups is 3. The molecule has 0 saturated carbocycles. The van der Waals surface area contributed by atoms with E-state index in [0.717, 1.165) is 5.56 Å². The van der Waals surface area contributed by atoms with Crippen molar-refractivity contribution in [3.05, 3.63) is 107 Å². The van der Waals surface area contributed by atoms with Crippen molar-refractivity contribution in [3.63, 3.8) is 0 Å². The first kappa shape index (κ1) is 24.7. The number of nitrogens with zero attached hydrogens (tertiary/aromatic N) is 1. The summed E-state index contributed by atoms with van der Waals surface area (Å²) in [4.78, 5) is 40.9. The summed E-state index contributed by atoms with van der Waals surface area (Å²) in [6.07, 6.45) is 0.714. The van der Waals surface area contributed by atoms with Crippen molar-refractivity contribution < 1.29 is 19.1 Å². The Balaban J connectivity index is 1.80. The Morgan fingerprint density at radius 1 is 0.944 bits per heavy atom. The summed E-state index contributed by atoms with van der Waals surface area (Å²) in [6, 6.07) is 24.4. The fourth-order valence-electron chi connectivity index (χ4n) is 4.26. The fraction of sp³-hybridized carbons (Fsp3) is 0.207. The first-order valence-corrected chi connectivity index (χ1v) is 12.0. The van der Waals surface area contributed by atoms with Crippen LogP contribution in [0.25, 0.3) is 5.70 Å². The van der Waals surface area contributed by atoms with E-state index < -0.39 is 12.0 Å². The van der Waals surface area contributed by atoms with E-state index in [0.29, 0.717) is 41.1 Å².